The molecule has 0 bridgehead atoms. The van der Waals surface area contributed by atoms with Gasteiger partial charge in [0.15, 0.2) is 0 Å². The Kier molecular flexibility index (Phi) is 3.02. The van der Waals surface area contributed by atoms with Crippen molar-refractivity contribution in [2.75, 3.05) is 0 Å². The molecule has 0 radical (unpaired) electrons. The predicted molar refractivity (Wildman–Crippen MR) is 63.2 cm³/mol. The maximum atomic E-state index is 13.4. The standard InChI is InChI=1S/C13H7FN2O2/c14-13-6-2-5-11(12(13)8-15)9-3-1-4-10(7-9)16(17)18/h1-7H. The van der Waals surface area contributed by atoms with Gasteiger partial charge in [-0.2, -0.15) is 5.26 Å². The number of nitro benzene ring substituents is 1. The summed E-state index contributed by atoms with van der Waals surface area (Å²) in [6.07, 6.45) is 0. The highest BCUT2D eigenvalue weighted by molar-refractivity contribution is 5.72. The Bertz CT molecular complexity index is 662. The molecule has 88 valence electrons. The van der Waals surface area contributed by atoms with Gasteiger partial charge < -0.3 is 0 Å². The number of nitro groups is 1. The van der Waals surface area contributed by atoms with Crippen LogP contribution in [0.1, 0.15) is 5.56 Å². The summed E-state index contributed by atoms with van der Waals surface area (Å²) in [5, 5.41) is 19.6. The Labute approximate surface area is 102 Å². The maximum Gasteiger partial charge on any atom is 0.270 e. The van der Waals surface area contributed by atoms with Crippen molar-refractivity contribution in [1.29, 1.82) is 5.26 Å². The molecule has 0 amide bonds. The summed E-state index contributed by atoms with van der Waals surface area (Å²) in [4.78, 5) is 10.1. The Balaban J connectivity index is 2.63. The van der Waals surface area contributed by atoms with Gasteiger partial charge in [-0.25, -0.2) is 4.39 Å². The minimum Gasteiger partial charge on any atom is -0.258 e. The van der Waals surface area contributed by atoms with Crippen LogP contribution < -0.4 is 0 Å². The fourth-order valence-electron chi connectivity index (χ4n) is 1.67. The van der Waals surface area contributed by atoms with Crippen molar-refractivity contribution in [2.45, 2.75) is 0 Å². The quantitative estimate of drug-likeness (QED) is 0.599. The molecule has 18 heavy (non-hydrogen) atoms. The van der Waals surface area contributed by atoms with Crippen molar-refractivity contribution in [3.8, 4) is 17.2 Å². The summed E-state index contributed by atoms with van der Waals surface area (Å²) in [5.41, 5.74) is 0.583. The molecule has 0 aromatic heterocycles. The number of hydrogen-bond acceptors (Lipinski definition) is 3. The summed E-state index contributed by atoms with van der Waals surface area (Å²) in [5.74, 6) is -0.637. The van der Waals surface area contributed by atoms with Crippen LogP contribution in [0, 0.1) is 27.3 Å². The maximum absolute atomic E-state index is 13.4. The molecule has 0 heterocycles. The first-order valence-corrected chi connectivity index (χ1v) is 5.07. The van der Waals surface area contributed by atoms with Gasteiger partial charge in [-0.15, -0.1) is 0 Å². The lowest BCUT2D eigenvalue weighted by atomic mass is 9.99. The minimum absolute atomic E-state index is 0.0966. The van der Waals surface area contributed by atoms with E-state index in [4.69, 9.17) is 5.26 Å². The topological polar surface area (TPSA) is 66.9 Å². The van der Waals surface area contributed by atoms with Crippen molar-refractivity contribution in [2.24, 2.45) is 0 Å². The van der Waals surface area contributed by atoms with E-state index in [0.29, 0.717) is 11.1 Å². The number of non-ortho nitro benzene ring substituents is 1. The van der Waals surface area contributed by atoms with Gasteiger partial charge in [0.25, 0.3) is 5.69 Å². The summed E-state index contributed by atoms with van der Waals surface area (Å²) in [7, 11) is 0. The summed E-state index contributed by atoms with van der Waals surface area (Å²) in [6, 6.07) is 11.7. The Morgan fingerprint density at radius 2 is 1.94 bits per heavy atom. The Morgan fingerprint density at radius 3 is 2.61 bits per heavy atom. The van der Waals surface area contributed by atoms with Crippen LogP contribution in [-0.4, -0.2) is 4.92 Å². The molecular weight excluding hydrogens is 235 g/mol. The molecule has 0 aliphatic carbocycles. The third-order valence-corrected chi connectivity index (χ3v) is 2.49. The molecule has 4 nitrogen and oxygen atoms in total. The largest absolute Gasteiger partial charge is 0.270 e. The van der Waals surface area contributed by atoms with Crippen LogP contribution >= 0.6 is 0 Å². The second-order valence-electron chi connectivity index (χ2n) is 3.58. The van der Waals surface area contributed by atoms with Crippen LogP contribution in [0.5, 0.6) is 0 Å². The first-order chi connectivity index (χ1) is 8.63. The van der Waals surface area contributed by atoms with E-state index in [1.54, 1.807) is 18.2 Å². The molecular formula is C13H7FN2O2. The van der Waals surface area contributed by atoms with E-state index in [-0.39, 0.29) is 11.3 Å². The first kappa shape index (κ1) is 11.7. The van der Waals surface area contributed by atoms with E-state index in [1.807, 2.05) is 0 Å². The molecule has 0 spiro atoms. The monoisotopic (exact) mass is 242 g/mol. The van der Waals surface area contributed by atoms with Gasteiger partial charge >= 0.3 is 0 Å². The molecule has 0 aliphatic heterocycles. The third-order valence-electron chi connectivity index (χ3n) is 2.49. The molecule has 2 aromatic carbocycles. The van der Waals surface area contributed by atoms with E-state index >= 15 is 0 Å². The zero-order valence-electron chi connectivity index (χ0n) is 9.13. The highest BCUT2D eigenvalue weighted by atomic mass is 19.1. The van der Waals surface area contributed by atoms with Crippen LogP contribution in [-0.2, 0) is 0 Å². The SMILES string of the molecule is N#Cc1c(F)cccc1-c1cccc([N+](=O)[O-])c1. The van der Waals surface area contributed by atoms with Crippen molar-refractivity contribution >= 4 is 5.69 Å². The van der Waals surface area contributed by atoms with Gasteiger partial charge in [0.2, 0.25) is 0 Å². The second-order valence-corrected chi connectivity index (χ2v) is 3.58. The second kappa shape index (κ2) is 4.63. The zero-order chi connectivity index (χ0) is 13.1. The van der Waals surface area contributed by atoms with Gasteiger partial charge in [0, 0.05) is 17.7 Å². The third kappa shape index (κ3) is 2.04. The smallest absolute Gasteiger partial charge is 0.258 e. The van der Waals surface area contributed by atoms with Gasteiger partial charge in [0.1, 0.15) is 11.9 Å². The van der Waals surface area contributed by atoms with Crippen molar-refractivity contribution in [1.82, 2.24) is 0 Å². The van der Waals surface area contributed by atoms with Crippen molar-refractivity contribution in [3.05, 3.63) is 64.0 Å². The molecule has 0 atom stereocenters. The van der Waals surface area contributed by atoms with E-state index in [1.165, 1.54) is 30.3 Å². The van der Waals surface area contributed by atoms with E-state index in [0.717, 1.165) is 0 Å². The summed E-state index contributed by atoms with van der Waals surface area (Å²) >= 11 is 0. The average molecular weight is 242 g/mol. The van der Waals surface area contributed by atoms with Crippen LogP contribution in [0.4, 0.5) is 10.1 Å². The van der Waals surface area contributed by atoms with Gasteiger partial charge in [-0.3, -0.25) is 10.1 Å². The van der Waals surface area contributed by atoms with Crippen molar-refractivity contribution < 1.29 is 9.31 Å². The molecule has 2 rings (SSSR count). The fraction of sp³-hybridized carbons (Fsp3) is 0. The lowest BCUT2D eigenvalue weighted by Crippen LogP contribution is -1.91. The Morgan fingerprint density at radius 1 is 1.22 bits per heavy atom. The zero-order valence-corrected chi connectivity index (χ0v) is 9.13. The van der Waals surface area contributed by atoms with Crippen LogP contribution in [0.25, 0.3) is 11.1 Å². The van der Waals surface area contributed by atoms with Gasteiger partial charge in [-0.1, -0.05) is 24.3 Å². The molecule has 0 fully saturated rings. The highest BCUT2D eigenvalue weighted by Gasteiger charge is 2.12. The first-order valence-electron chi connectivity index (χ1n) is 5.07. The summed E-state index contributed by atoms with van der Waals surface area (Å²) < 4.78 is 13.4. The number of nitrogens with zero attached hydrogens (tertiary/aromatic N) is 2. The molecule has 0 N–H and O–H groups in total. The summed E-state index contributed by atoms with van der Waals surface area (Å²) in [6.45, 7) is 0. The van der Waals surface area contributed by atoms with E-state index in [2.05, 4.69) is 0 Å². The highest BCUT2D eigenvalue weighted by Crippen LogP contribution is 2.27. The average Bonchev–Trinajstić information content (AvgIpc) is 2.38. The van der Waals surface area contributed by atoms with Crippen LogP contribution in [0.3, 0.4) is 0 Å². The Hall–Kier alpha value is -2.74. The molecule has 5 heteroatoms. The number of hydrogen-bond donors (Lipinski definition) is 0. The molecule has 0 aliphatic rings. The number of rotatable bonds is 2. The van der Waals surface area contributed by atoms with Gasteiger partial charge in [0.05, 0.1) is 10.5 Å². The lowest BCUT2D eigenvalue weighted by Gasteiger charge is -2.04. The van der Waals surface area contributed by atoms with Crippen molar-refractivity contribution in [3.63, 3.8) is 0 Å². The fourth-order valence-corrected chi connectivity index (χ4v) is 1.67. The van der Waals surface area contributed by atoms with E-state index < -0.39 is 10.7 Å². The van der Waals surface area contributed by atoms with Crippen LogP contribution in [0.15, 0.2) is 42.5 Å². The molecule has 2 aromatic rings. The van der Waals surface area contributed by atoms with Crippen LogP contribution in [0.2, 0.25) is 0 Å². The predicted octanol–water partition coefficient (Wildman–Crippen LogP) is 3.27. The molecule has 0 saturated carbocycles. The molecule has 0 saturated heterocycles. The lowest BCUT2D eigenvalue weighted by molar-refractivity contribution is -0.384. The molecule has 0 unspecified atom stereocenters. The normalized spacial score (nSPS) is 9.78. The number of benzene rings is 2. The van der Waals surface area contributed by atoms with Gasteiger partial charge in [-0.05, 0) is 11.6 Å². The number of nitriles is 1. The minimum atomic E-state index is -0.637. The van der Waals surface area contributed by atoms with E-state index in [9.17, 15) is 14.5 Å². The number of halogens is 1.